The first-order chi connectivity index (χ1) is 9.95. The summed E-state index contributed by atoms with van der Waals surface area (Å²) in [6.07, 6.45) is 2.18. The fraction of sp³-hybridized carbons (Fsp3) is 0.688. The molecule has 118 valence electrons. The van der Waals surface area contributed by atoms with Crippen LogP contribution in [0.1, 0.15) is 50.7 Å². The minimum atomic E-state index is -4.32. The van der Waals surface area contributed by atoms with Crippen molar-refractivity contribution in [2.75, 3.05) is 18.0 Å². The van der Waals surface area contributed by atoms with Crippen LogP contribution in [-0.2, 0) is 12.6 Å². The highest BCUT2D eigenvalue weighted by Crippen LogP contribution is 2.33. The smallest absolute Gasteiger partial charge is 0.356 e. The number of anilines is 1. The molecule has 1 heterocycles. The van der Waals surface area contributed by atoms with Crippen LogP contribution in [0.3, 0.4) is 0 Å². The summed E-state index contributed by atoms with van der Waals surface area (Å²) in [5.74, 6) is 1.37. The lowest BCUT2D eigenvalue weighted by atomic mass is 10.1. The van der Waals surface area contributed by atoms with E-state index in [0.717, 1.165) is 25.1 Å². The Morgan fingerprint density at radius 2 is 1.90 bits per heavy atom. The third-order valence-corrected chi connectivity index (χ3v) is 4.29. The Balaban J connectivity index is 2.23. The van der Waals surface area contributed by atoms with Crippen molar-refractivity contribution in [3.05, 3.63) is 23.4 Å². The lowest BCUT2D eigenvalue weighted by Crippen LogP contribution is -2.30. The van der Waals surface area contributed by atoms with Gasteiger partial charge < -0.3 is 4.90 Å². The second kappa shape index (κ2) is 6.67. The maximum Gasteiger partial charge on any atom is 0.417 e. The summed E-state index contributed by atoms with van der Waals surface area (Å²) in [4.78, 5) is 6.27. The predicted molar refractivity (Wildman–Crippen MR) is 78.5 cm³/mol. The number of hydrogen-bond acceptors (Lipinski definition) is 2. The number of aryl methyl sites for hydroxylation is 1. The Hall–Kier alpha value is -1.26. The van der Waals surface area contributed by atoms with Crippen LogP contribution in [0.25, 0.3) is 0 Å². The normalized spacial score (nSPS) is 16.4. The van der Waals surface area contributed by atoms with E-state index in [4.69, 9.17) is 0 Å². The van der Waals surface area contributed by atoms with Crippen molar-refractivity contribution >= 4 is 5.82 Å². The van der Waals surface area contributed by atoms with Gasteiger partial charge in [-0.05, 0) is 43.7 Å². The molecule has 21 heavy (non-hydrogen) atoms. The van der Waals surface area contributed by atoms with Gasteiger partial charge in [-0.2, -0.15) is 13.2 Å². The first kappa shape index (κ1) is 16.1. The summed E-state index contributed by atoms with van der Waals surface area (Å²) < 4.78 is 38.4. The summed E-state index contributed by atoms with van der Waals surface area (Å²) in [6.45, 7) is 5.60. The first-order valence-corrected chi connectivity index (χ1v) is 7.76. The number of halogens is 3. The average molecular weight is 300 g/mol. The molecule has 0 radical (unpaired) electrons. The number of alkyl halides is 3. The van der Waals surface area contributed by atoms with Crippen molar-refractivity contribution in [1.82, 2.24) is 4.98 Å². The summed E-state index contributed by atoms with van der Waals surface area (Å²) in [6, 6.07) is 1.25. The van der Waals surface area contributed by atoms with Gasteiger partial charge in [-0.1, -0.05) is 19.8 Å². The van der Waals surface area contributed by atoms with Gasteiger partial charge in [-0.15, -0.1) is 0 Å². The molecule has 2 nitrogen and oxygen atoms in total. The summed E-state index contributed by atoms with van der Waals surface area (Å²) in [5.41, 5.74) is 0.0321. The lowest BCUT2D eigenvalue weighted by molar-refractivity contribution is -0.137. The SMILES string of the molecule is CCc1cc(C(F)(F)F)cnc1N(CC)CC1CCCC1. The highest BCUT2D eigenvalue weighted by atomic mass is 19.4. The topological polar surface area (TPSA) is 16.1 Å². The van der Waals surface area contributed by atoms with Gasteiger partial charge in [-0.25, -0.2) is 4.98 Å². The zero-order chi connectivity index (χ0) is 15.5. The molecule has 0 amide bonds. The minimum Gasteiger partial charge on any atom is -0.356 e. The fourth-order valence-corrected chi connectivity index (χ4v) is 3.07. The van der Waals surface area contributed by atoms with Gasteiger partial charge >= 0.3 is 6.18 Å². The molecule has 1 aliphatic rings. The molecule has 1 aliphatic carbocycles. The van der Waals surface area contributed by atoms with Crippen LogP contribution in [0, 0.1) is 5.92 Å². The van der Waals surface area contributed by atoms with E-state index < -0.39 is 11.7 Å². The molecule has 0 atom stereocenters. The van der Waals surface area contributed by atoms with E-state index in [1.165, 1.54) is 31.7 Å². The van der Waals surface area contributed by atoms with E-state index in [2.05, 4.69) is 9.88 Å². The van der Waals surface area contributed by atoms with Crippen LogP contribution in [0.4, 0.5) is 19.0 Å². The van der Waals surface area contributed by atoms with E-state index in [1.54, 1.807) is 0 Å². The molecule has 1 aromatic rings. The molecule has 0 spiro atoms. The molecule has 0 N–H and O–H groups in total. The predicted octanol–water partition coefficient (Wildman–Crippen LogP) is 4.68. The largest absolute Gasteiger partial charge is 0.417 e. The van der Waals surface area contributed by atoms with Gasteiger partial charge in [0.2, 0.25) is 0 Å². The van der Waals surface area contributed by atoms with Crippen molar-refractivity contribution < 1.29 is 13.2 Å². The Kier molecular flexibility index (Phi) is 5.12. The zero-order valence-electron chi connectivity index (χ0n) is 12.7. The molecule has 2 rings (SSSR count). The molecule has 0 bridgehead atoms. The van der Waals surface area contributed by atoms with Gasteiger partial charge in [0.1, 0.15) is 5.82 Å². The molecule has 1 aromatic heterocycles. The quantitative estimate of drug-likeness (QED) is 0.785. The van der Waals surface area contributed by atoms with Crippen molar-refractivity contribution in [1.29, 1.82) is 0 Å². The first-order valence-electron chi connectivity index (χ1n) is 7.76. The van der Waals surface area contributed by atoms with Gasteiger partial charge in [0.05, 0.1) is 5.56 Å². The maximum atomic E-state index is 12.8. The van der Waals surface area contributed by atoms with Crippen molar-refractivity contribution in [3.8, 4) is 0 Å². The van der Waals surface area contributed by atoms with Crippen LogP contribution < -0.4 is 4.90 Å². The molecular weight excluding hydrogens is 277 g/mol. The second-order valence-electron chi connectivity index (χ2n) is 5.75. The van der Waals surface area contributed by atoms with E-state index in [1.807, 2.05) is 13.8 Å². The number of pyridine rings is 1. The van der Waals surface area contributed by atoms with E-state index in [-0.39, 0.29) is 0 Å². The third kappa shape index (κ3) is 3.89. The second-order valence-corrected chi connectivity index (χ2v) is 5.75. The van der Waals surface area contributed by atoms with Gasteiger partial charge in [0.25, 0.3) is 0 Å². The van der Waals surface area contributed by atoms with Crippen LogP contribution in [-0.4, -0.2) is 18.1 Å². The zero-order valence-corrected chi connectivity index (χ0v) is 12.7. The standard InChI is InChI=1S/C16H23F3N2/c1-3-13-9-14(16(17,18)19)10-20-15(13)21(4-2)11-12-7-5-6-8-12/h9-10,12H,3-8,11H2,1-2H3. The van der Waals surface area contributed by atoms with Crippen LogP contribution in [0.15, 0.2) is 12.3 Å². The summed E-state index contributed by atoms with van der Waals surface area (Å²) >= 11 is 0. The van der Waals surface area contributed by atoms with Crippen LogP contribution in [0.2, 0.25) is 0 Å². The van der Waals surface area contributed by atoms with Crippen LogP contribution in [0.5, 0.6) is 0 Å². The minimum absolute atomic E-state index is 0.563. The molecule has 1 fully saturated rings. The third-order valence-electron chi connectivity index (χ3n) is 4.29. The van der Waals surface area contributed by atoms with Crippen molar-refractivity contribution in [3.63, 3.8) is 0 Å². The Labute approximate surface area is 124 Å². The molecule has 1 saturated carbocycles. The average Bonchev–Trinajstić information content (AvgIpc) is 2.96. The summed E-state index contributed by atoms with van der Waals surface area (Å²) in [7, 11) is 0. The number of aromatic nitrogens is 1. The van der Waals surface area contributed by atoms with Crippen molar-refractivity contribution in [2.45, 2.75) is 52.1 Å². The number of rotatable bonds is 5. The Morgan fingerprint density at radius 3 is 2.43 bits per heavy atom. The Morgan fingerprint density at radius 1 is 1.24 bits per heavy atom. The number of nitrogens with zero attached hydrogens (tertiary/aromatic N) is 2. The van der Waals surface area contributed by atoms with Gasteiger partial charge in [0, 0.05) is 19.3 Å². The molecular formula is C16H23F3N2. The van der Waals surface area contributed by atoms with E-state index in [0.29, 0.717) is 17.9 Å². The van der Waals surface area contributed by atoms with E-state index in [9.17, 15) is 13.2 Å². The van der Waals surface area contributed by atoms with Gasteiger partial charge in [-0.3, -0.25) is 0 Å². The maximum absolute atomic E-state index is 12.8. The van der Waals surface area contributed by atoms with E-state index >= 15 is 0 Å². The summed E-state index contributed by atoms with van der Waals surface area (Å²) in [5, 5.41) is 0. The fourth-order valence-electron chi connectivity index (χ4n) is 3.07. The molecule has 0 unspecified atom stereocenters. The monoisotopic (exact) mass is 300 g/mol. The van der Waals surface area contributed by atoms with Crippen LogP contribution >= 0.6 is 0 Å². The highest BCUT2D eigenvalue weighted by molar-refractivity contribution is 5.48. The van der Waals surface area contributed by atoms with Crippen molar-refractivity contribution in [2.24, 2.45) is 5.92 Å². The molecule has 0 aromatic carbocycles. The lowest BCUT2D eigenvalue weighted by Gasteiger charge is -2.27. The molecule has 5 heteroatoms. The molecule has 0 saturated heterocycles. The highest BCUT2D eigenvalue weighted by Gasteiger charge is 2.32. The Bertz CT molecular complexity index is 465. The van der Waals surface area contributed by atoms with Gasteiger partial charge in [0.15, 0.2) is 0 Å². The molecule has 0 aliphatic heterocycles. The number of hydrogen-bond donors (Lipinski definition) is 0.